The predicted octanol–water partition coefficient (Wildman–Crippen LogP) is 3.43. The number of carbonyl (C=O) groups excluding carboxylic acids is 1. The zero-order valence-electron chi connectivity index (χ0n) is 13.4. The molecular formula is C19H21NO4. The summed E-state index contributed by atoms with van der Waals surface area (Å²) in [5, 5.41) is 11.0. The van der Waals surface area contributed by atoms with E-state index in [2.05, 4.69) is 0 Å². The molecule has 2 aliphatic rings. The second kappa shape index (κ2) is 5.98. The lowest BCUT2D eigenvalue weighted by atomic mass is 9.82. The van der Waals surface area contributed by atoms with Crippen LogP contribution in [0.5, 0.6) is 0 Å². The highest BCUT2D eigenvalue weighted by molar-refractivity contribution is 5.69. The Morgan fingerprint density at radius 2 is 1.92 bits per heavy atom. The lowest BCUT2D eigenvalue weighted by Crippen LogP contribution is -2.52. The quantitative estimate of drug-likeness (QED) is 0.938. The zero-order valence-corrected chi connectivity index (χ0v) is 13.4. The molecule has 1 amide bonds. The molecule has 126 valence electrons. The van der Waals surface area contributed by atoms with Gasteiger partial charge in [0.15, 0.2) is 0 Å². The normalized spacial score (nSPS) is 28.8. The van der Waals surface area contributed by atoms with Crippen LogP contribution >= 0.6 is 0 Å². The standard InChI is InChI=1S/C19H21NO4/c21-18(24-12-14-4-2-1-3-5-14)20-16-6-7-17(20)11-19(22,10-16)15-8-9-23-13-15/h1-5,8-9,13,16-17,22H,6-7,10-12H2. The first kappa shape index (κ1) is 15.3. The van der Waals surface area contributed by atoms with Gasteiger partial charge >= 0.3 is 6.09 Å². The van der Waals surface area contributed by atoms with Crippen molar-refractivity contribution >= 4 is 6.09 Å². The van der Waals surface area contributed by atoms with Gasteiger partial charge in [0.1, 0.15) is 6.61 Å². The van der Waals surface area contributed by atoms with Crippen LogP contribution < -0.4 is 0 Å². The number of amides is 1. The van der Waals surface area contributed by atoms with Crippen molar-refractivity contribution in [3.8, 4) is 0 Å². The Morgan fingerprint density at radius 3 is 2.54 bits per heavy atom. The van der Waals surface area contributed by atoms with Gasteiger partial charge in [-0.3, -0.25) is 0 Å². The van der Waals surface area contributed by atoms with Gasteiger partial charge in [0.2, 0.25) is 0 Å². The third-order valence-corrected chi connectivity index (χ3v) is 5.24. The van der Waals surface area contributed by atoms with E-state index in [0.717, 1.165) is 24.0 Å². The van der Waals surface area contributed by atoms with Gasteiger partial charge in [-0.1, -0.05) is 30.3 Å². The smallest absolute Gasteiger partial charge is 0.410 e. The highest BCUT2D eigenvalue weighted by atomic mass is 16.6. The number of carbonyl (C=O) groups is 1. The molecule has 0 saturated carbocycles. The Hall–Kier alpha value is -2.27. The summed E-state index contributed by atoms with van der Waals surface area (Å²) >= 11 is 0. The van der Waals surface area contributed by atoms with Crippen LogP contribution in [0.2, 0.25) is 0 Å². The molecule has 0 radical (unpaired) electrons. The molecule has 24 heavy (non-hydrogen) atoms. The van der Waals surface area contributed by atoms with Crippen molar-refractivity contribution in [3.63, 3.8) is 0 Å². The first-order valence-corrected chi connectivity index (χ1v) is 8.40. The van der Waals surface area contributed by atoms with E-state index in [1.165, 1.54) is 0 Å². The van der Waals surface area contributed by atoms with E-state index in [0.29, 0.717) is 12.8 Å². The third kappa shape index (κ3) is 2.69. The van der Waals surface area contributed by atoms with Crippen molar-refractivity contribution in [2.24, 2.45) is 0 Å². The van der Waals surface area contributed by atoms with Crippen molar-refractivity contribution in [2.45, 2.75) is 50.0 Å². The number of aliphatic hydroxyl groups is 1. The van der Waals surface area contributed by atoms with Crippen molar-refractivity contribution in [1.82, 2.24) is 4.90 Å². The summed E-state index contributed by atoms with van der Waals surface area (Å²) < 4.78 is 10.6. The van der Waals surface area contributed by atoms with E-state index in [4.69, 9.17) is 9.15 Å². The number of furan rings is 1. The average Bonchev–Trinajstić information content (AvgIpc) is 3.22. The van der Waals surface area contributed by atoms with Gasteiger partial charge in [0.05, 0.1) is 18.1 Å². The van der Waals surface area contributed by atoms with E-state index in [1.807, 2.05) is 41.3 Å². The highest BCUT2D eigenvalue weighted by Gasteiger charge is 2.50. The second-order valence-electron chi connectivity index (χ2n) is 6.78. The fourth-order valence-corrected chi connectivity index (χ4v) is 4.08. The number of ether oxygens (including phenoxy) is 1. The molecule has 2 saturated heterocycles. The summed E-state index contributed by atoms with van der Waals surface area (Å²) in [6.07, 6.45) is 5.78. The minimum absolute atomic E-state index is 0.0203. The molecule has 4 rings (SSSR count). The molecule has 1 aromatic heterocycles. The molecule has 2 aliphatic heterocycles. The van der Waals surface area contributed by atoms with Crippen molar-refractivity contribution < 1.29 is 19.1 Å². The fraction of sp³-hybridized carbons (Fsp3) is 0.421. The van der Waals surface area contributed by atoms with E-state index >= 15 is 0 Å². The Morgan fingerprint density at radius 1 is 1.21 bits per heavy atom. The summed E-state index contributed by atoms with van der Waals surface area (Å²) in [6, 6.07) is 11.5. The molecule has 3 heterocycles. The van der Waals surface area contributed by atoms with Gasteiger partial charge in [-0.25, -0.2) is 4.79 Å². The Kier molecular flexibility index (Phi) is 3.81. The molecule has 5 heteroatoms. The van der Waals surface area contributed by atoms with Gasteiger partial charge in [0, 0.05) is 30.5 Å². The molecule has 2 fully saturated rings. The maximum atomic E-state index is 12.5. The molecule has 5 nitrogen and oxygen atoms in total. The van der Waals surface area contributed by atoms with Crippen LogP contribution in [0.3, 0.4) is 0 Å². The summed E-state index contributed by atoms with van der Waals surface area (Å²) in [7, 11) is 0. The number of piperidine rings is 1. The lowest BCUT2D eigenvalue weighted by molar-refractivity contribution is -0.0539. The second-order valence-corrected chi connectivity index (χ2v) is 6.78. The number of hydrogen-bond acceptors (Lipinski definition) is 4. The summed E-state index contributed by atoms with van der Waals surface area (Å²) in [4.78, 5) is 14.4. The number of nitrogens with zero attached hydrogens (tertiary/aromatic N) is 1. The molecule has 0 spiro atoms. The molecule has 1 N–H and O–H groups in total. The summed E-state index contributed by atoms with van der Waals surface area (Å²) in [5.74, 6) is 0. The molecule has 2 unspecified atom stereocenters. The van der Waals surface area contributed by atoms with Crippen LogP contribution in [-0.2, 0) is 16.9 Å². The van der Waals surface area contributed by atoms with Gasteiger partial charge in [-0.05, 0) is 24.5 Å². The van der Waals surface area contributed by atoms with E-state index in [1.54, 1.807) is 12.5 Å². The zero-order chi connectivity index (χ0) is 16.6. The topological polar surface area (TPSA) is 62.9 Å². The average molecular weight is 327 g/mol. The van der Waals surface area contributed by atoms with E-state index in [-0.39, 0.29) is 24.8 Å². The third-order valence-electron chi connectivity index (χ3n) is 5.24. The molecule has 2 atom stereocenters. The largest absolute Gasteiger partial charge is 0.472 e. The molecule has 2 aromatic rings. The van der Waals surface area contributed by atoms with Crippen LogP contribution in [-0.4, -0.2) is 28.2 Å². The first-order valence-electron chi connectivity index (χ1n) is 8.40. The maximum absolute atomic E-state index is 12.5. The predicted molar refractivity (Wildman–Crippen MR) is 87.1 cm³/mol. The monoisotopic (exact) mass is 327 g/mol. The summed E-state index contributed by atoms with van der Waals surface area (Å²) in [6.45, 7) is 0.279. The number of benzene rings is 1. The Labute approximate surface area is 140 Å². The minimum atomic E-state index is -0.908. The van der Waals surface area contributed by atoms with Crippen LogP contribution in [0.4, 0.5) is 4.79 Å². The molecular weight excluding hydrogens is 306 g/mol. The minimum Gasteiger partial charge on any atom is -0.472 e. The van der Waals surface area contributed by atoms with Gasteiger partial charge in [-0.15, -0.1) is 0 Å². The van der Waals surface area contributed by atoms with Gasteiger partial charge in [0.25, 0.3) is 0 Å². The first-order chi connectivity index (χ1) is 11.7. The van der Waals surface area contributed by atoms with Gasteiger partial charge < -0.3 is 19.2 Å². The van der Waals surface area contributed by atoms with Crippen molar-refractivity contribution in [1.29, 1.82) is 0 Å². The van der Waals surface area contributed by atoms with E-state index in [9.17, 15) is 9.90 Å². The number of hydrogen-bond donors (Lipinski definition) is 1. The Bertz CT molecular complexity index is 683. The maximum Gasteiger partial charge on any atom is 0.410 e. The number of fused-ring (bicyclic) bond motifs is 2. The van der Waals surface area contributed by atoms with Crippen LogP contribution in [0, 0.1) is 0 Å². The van der Waals surface area contributed by atoms with E-state index < -0.39 is 5.60 Å². The highest BCUT2D eigenvalue weighted by Crippen LogP contribution is 2.46. The molecule has 2 bridgehead atoms. The van der Waals surface area contributed by atoms with Gasteiger partial charge in [-0.2, -0.15) is 0 Å². The lowest BCUT2D eigenvalue weighted by Gasteiger charge is -2.42. The molecule has 0 aliphatic carbocycles. The SMILES string of the molecule is O=C(OCc1ccccc1)N1C2CCC1CC(O)(c1ccoc1)C2. The molecule has 1 aromatic carbocycles. The fourth-order valence-electron chi connectivity index (χ4n) is 4.08. The van der Waals surface area contributed by atoms with Crippen LogP contribution in [0.15, 0.2) is 53.3 Å². The van der Waals surface area contributed by atoms with Crippen molar-refractivity contribution in [3.05, 3.63) is 60.1 Å². The summed E-state index contributed by atoms with van der Waals surface area (Å²) in [5.41, 5.74) is 0.872. The Balaban J connectivity index is 1.44. The van der Waals surface area contributed by atoms with Crippen LogP contribution in [0.25, 0.3) is 0 Å². The van der Waals surface area contributed by atoms with Crippen LogP contribution in [0.1, 0.15) is 36.8 Å². The van der Waals surface area contributed by atoms with Crippen molar-refractivity contribution in [2.75, 3.05) is 0 Å². The number of rotatable bonds is 3.